The van der Waals surface area contributed by atoms with Crippen LogP contribution in [0.3, 0.4) is 0 Å². The minimum absolute atomic E-state index is 0.256. The molecule has 0 saturated carbocycles. The molecule has 2 aromatic heterocycles. The van der Waals surface area contributed by atoms with Crippen molar-refractivity contribution >= 4 is 68.3 Å². The van der Waals surface area contributed by atoms with E-state index < -0.39 is 0 Å². The first-order valence-corrected chi connectivity index (χ1v) is 9.41. The van der Waals surface area contributed by atoms with Crippen LogP contribution in [0.15, 0.2) is 41.8 Å². The molecule has 0 saturated heterocycles. The van der Waals surface area contributed by atoms with E-state index in [1.54, 1.807) is 36.4 Å². The van der Waals surface area contributed by atoms with Crippen molar-refractivity contribution in [1.82, 2.24) is 13.7 Å². The molecule has 2 heterocycles. The highest BCUT2D eigenvalue weighted by Crippen LogP contribution is 2.32. The van der Waals surface area contributed by atoms with E-state index in [0.29, 0.717) is 32.0 Å². The van der Waals surface area contributed by atoms with Crippen LogP contribution >= 0.6 is 46.3 Å². The third-order valence-corrected chi connectivity index (χ3v) is 5.32. The Balaban J connectivity index is 1.58. The summed E-state index contributed by atoms with van der Waals surface area (Å²) >= 11 is 14.6. The normalized spacial score (nSPS) is 11.0. The molecule has 124 valence electrons. The number of rotatable bonds is 3. The zero-order valence-electron chi connectivity index (χ0n) is 12.4. The fourth-order valence-corrected chi connectivity index (χ4v) is 3.85. The molecule has 0 aliphatic carbocycles. The highest BCUT2D eigenvalue weighted by Gasteiger charge is 2.13. The summed E-state index contributed by atoms with van der Waals surface area (Å²) in [5, 5.41) is 6.21. The number of carbonyl (C=O) groups is 1. The van der Waals surface area contributed by atoms with Crippen molar-refractivity contribution in [2.24, 2.45) is 0 Å². The molecule has 0 radical (unpaired) electrons. The van der Waals surface area contributed by atoms with Crippen LogP contribution in [-0.2, 0) is 0 Å². The molecular formula is C16H8Cl2N4OS2. The van der Waals surface area contributed by atoms with Crippen molar-refractivity contribution < 1.29 is 4.79 Å². The lowest BCUT2D eigenvalue weighted by atomic mass is 10.2. The summed E-state index contributed by atoms with van der Waals surface area (Å²) in [5.41, 5.74) is 3.35. The number of halogens is 2. The quantitative estimate of drug-likeness (QED) is 0.496. The summed E-state index contributed by atoms with van der Waals surface area (Å²) in [6.45, 7) is 0. The molecule has 9 heteroatoms. The van der Waals surface area contributed by atoms with Gasteiger partial charge in [0.15, 0.2) is 5.13 Å². The largest absolute Gasteiger partial charge is 0.298 e. The minimum Gasteiger partial charge on any atom is -0.298 e. The lowest BCUT2D eigenvalue weighted by Gasteiger charge is -2.02. The average Bonchev–Trinajstić information content (AvgIpc) is 3.25. The van der Waals surface area contributed by atoms with E-state index in [2.05, 4.69) is 19.0 Å². The fraction of sp³-hybridized carbons (Fsp3) is 0. The molecule has 0 fully saturated rings. The molecule has 4 rings (SSSR count). The summed E-state index contributed by atoms with van der Waals surface area (Å²) in [5.74, 6) is -0.256. The minimum atomic E-state index is -0.256. The Kier molecular flexibility index (Phi) is 4.39. The molecule has 0 aliphatic heterocycles. The smallest absolute Gasteiger partial charge is 0.257 e. The zero-order valence-corrected chi connectivity index (χ0v) is 15.5. The van der Waals surface area contributed by atoms with E-state index >= 15 is 0 Å². The lowest BCUT2D eigenvalue weighted by molar-refractivity contribution is 0.102. The van der Waals surface area contributed by atoms with E-state index in [-0.39, 0.29) is 5.91 Å². The molecule has 0 spiro atoms. The van der Waals surface area contributed by atoms with Crippen LogP contribution in [0.2, 0.25) is 10.0 Å². The Morgan fingerprint density at radius 2 is 1.88 bits per heavy atom. The highest BCUT2D eigenvalue weighted by molar-refractivity contribution is 7.14. The Labute approximate surface area is 160 Å². The SMILES string of the molecule is O=C(Nc1nc(-c2cc(Cl)ccc2Cl)cs1)c1ccc2nsnc2c1. The number of aromatic nitrogens is 3. The number of carbonyl (C=O) groups excluding carboxylic acids is 1. The average molecular weight is 407 g/mol. The lowest BCUT2D eigenvalue weighted by Crippen LogP contribution is -2.11. The van der Waals surface area contributed by atoms with Gasteiger partial charge in [-0.05, 0) is 36.4 Å². The topological polar surface area (TPSA) is 67.8 Å². The number of anilines is 1. The molecule has 0 aliphatic rings. The van der Waals surface area contributed by atoms with Crippen LogP contribution in [-0.4, -0.2) is 19.6 Å². The van der Waals surface area contributed by atoms with E-state index in [1.807, 2.05) is 5.38 Å². The van der Waals surface area contributed by atoms with Gasteiger partial charge < -0.3 is 0 Å². The van der Waals surface area contributed by atoms with Crippen molar-refractivity contribution in [1.29, 1.82) is 0 Å². The van der Waals surface area contributed by atoms with Gasteiger partial charge in [0.25, 0.3) is 5.91 Å². The second-order valence-electron chi connectivity index (χ2n) is 5.08. The zero-order chi connectivity index (χ0) is 17.4. The van der Waals surface area contributed by atoms with Gasteiger partial charge in [-0.3, -0.25) is 10.1 Å². The van der Waals surface area contributed by atoms with Crippen molar-refractivity contribution in [2.75, 3.05) is 5.32 Å². The van der Waals surface area contributed by atoms with E-state index in [1.165, 1.54) is 11.3 Å². The molecular weight excluding hydrogens is 399 g/mol. The van der Waals surface area contributed by atoms with Gasteiger partial charge in [-0.15, -0.1) is 11.3 Å². The molecule has 0 bridgehead atoms. The Hall–Kier alpha value is -2.06. The first kappa shape index (κ1) is 16.4. The Morgan fingerprint density at radius 1 is 1.04 bits per heavy atom. The highest BCUT2D eigenvalue weighted by atomic mass is 35.5. The summed E-state index contributed by atoms with van der Waals surface area (Å²) in [6, 6.07) is 10.4. The van der Waals surface area contributed by atoms with Crippen LogP contribution < -0.4 is 5.32 Å². The van der Waals surface area contributed by atoms with Crippen LogP contribution in [0, 0.1) is 0 Å². The summed E-state index contributed by atoms with van der Waals surface area (Å²) < 4.78 is 8.26. The molecule has 0 unspecified atom stereocenters. The summed E-state index contributed by atoms with van der Waals surface area (Å²) in [6.07, 6.45) is 0. The van der Waals surface area contributed by atoms with E-state index in [0.717, 1.165) is 22.8 Å². The number of benzene rings is 2. The molecule has 25 heavy (non-hydrogen) atoms. The van der Waals surface area contributed by atoms with Crippen molar-refractivity contribution in [2.45, 2.75) is 0 Å². The van der Waals surface area contributed by atoms with Gasteiger partial charge in [0.2, 0.25) is 0 Å². The first-order chi connectivity index (χ1) is 12.1. The molecule has 1 amide bonds. The second-order valence-corrected chi connectivity index (χ2v) is 7.31. The van der Waals surface area contributed by atoms with Gasteiger partial charge in [0.1, 0.15) is 11.0 Å². The van der Waals surface area contributed by atoms with Gasteiger partial charge >= 0.3 is 0 Å². The maximum Gasteiger partial charge on any atom is 0.257 e. The van der Waals surface area contributed by atoms with Gasteiger partial charge in [0.05, 0.1) is 22.4 Å². The van der Waals surface area contributed by atoms with Gasteiger partial charge in [-0.1, -0.05) is 23.2 Å². The predicted molar refractivity (Wildman–Crippen MR) is 103 cm³/mol. The summed E-state index contributed by atoms with van der Waals surface area (Å²) in [4.78, 5) is 16.8. The maximum absolute atomic E-state index is 12.4. The third kappa shape index (κ3) is 3.36. The van der Waals surface area contributed by atoms with Crippen LogP contribution in [0.4, 0.5) is 5.13 Å². The second kappa shape index (κ2) is 6.68. The molecule has 0 atom stereocenters. The van der Waals surface area contributed by atoms with Crippen molar-refractivity contribution in [3.8, 4) is 11.3 Å². The van der Waals surface area contributed by atoms with Gasteiger partial charge in [-0.25, -0.2) is 4.98 Å². The number of amides is 1. The van der Waals surface area contributed by atoms with Gasteiger partial charge in [0, 0.05) is 21.5 Å². The number of nitrogens with one attached hydrogen (secondary N) is 1. The Bertz CT molecular complexity index is 1090. The predicted octanol–water partition coefficient (Wildman–Crippen LogP) is 5.37. The summed E-state index contributed by atoms with van der Waals surface area (Å²) in [7, 11) is 0. The number of hydrogen-bond acceptors (Lipinski definition) is 6. The number of thiazole rings is 1. The maximum atomic E-state index is 12.4. The molecule has 2 aromatic carbocycles. The van der Waals surface area contributed by atoms with Gasteiger partial charge in [-0.2, -0.15) is 8.75 Å². The number of fused-ring (bicyclic) bond motifs is 1. The molecule has 5 nitrogen and oxygen atoms in total. The van der Waals surface area contributed by atoms with Crippen LogP contribution in [0.25, 0.3) is 22.3 Å². The Morgan fingerprint density at radius 3 is 2.76 bits per heavy atom. The molecule has 1 N–H and O–H groups in total. The van der Waals surface area contributed by atoms with E-state index in [9.17, 15) is 4.79 Å². The van der Waals surface area contributed by atoms with Crippen LogP contribution in [0.1, 0.15) is 10.4 Å². The number of nitrogens with zero attached hydrogens (tertiary/aromatic N) is 3. The van der Waals surface area contributed by atoms with Crippen molar-refractivity contribution in [3.63, 3.8) is 0 Å². The first-order valence-electron chi connectivity index (χ1n) is 7.05. The fourth-order valence-electron chi connectivity index (χ4n) is 2.24. The number of hydrogen-bond donors (Lipinski definition) is 1. The van der Waals surface area contributed by atoms with Crippen LogP contribution in [0.5, 0.6) is 0 Å². The van der Waals surface area contributed by atoms with Crippen molar-refractivity contribution in [3.05, 3.63) is 57.4 Å². The molecule has 4 aromatic rings. The standard InChI is InChI=1S/C16H8Cl2N4OS2/c17-9-2-3-11(18)10(6-9)14-7-24-16(19-14)20-15(23)8-1-4-12-13(5-8)22-25-21-12/h1-7H,(H,19,20,23). The van der Waals surface area contributed by atoms with E-state index in [4.69, 9.17) is 23.2 Å². The monoisotopic (exact) mass is 406 g/mol. The third-order valence-electron chi connectivity index (χ3n) is 3.44.